The number of likely N-dealkylation sites (tertiary alicyclic amines) is 1. The van der Waals surface area contributed by atoms with Crippen LogP contribution in [0.1, 0.15) is 69.0 Å². The molecule has 4 rings (SSSR count). The molecule has 10 heteroatoms. The first-order chi connectivity index (χ1) is 16.9. The molecule has 198 valence electrons. The number of benzene rings is 1. The predicted molar refractivity (Wildman–Crippen MR) is 145 cm³/mol. The minimum absolute atomic E-state index is 0.0672. The van der Waals surface area contributed by atoms with Gasteiger partial charge in [-0.05, 0) is 37.3 Å². The van der Waals surface area contributed by atoms with E-state index in [0.717, 1.165) is 38.2 Å². The van der Waals surface area contributed by atoms with Gasteiger partial charge in [0.1, 0.15) is 17.3 Å². The molecule has 0 spiro atoms. The maximum Gasteiger partial charge on any atom is 0.273 e. The normalized spacial score (nSPS) is 19.1. The molecule has 1 amide bonds. The number of nitrogens with zero attached hydrogens (tertiary/aromatic N) is 4. The van der Waals surface area contributed by atoms with Crippen LogP contribution in [0.25, 0.3) is 0 Å². The Balaban J connectivity index is 1.67. The second kappa shape index (κ2) is 10.4. The third-order valence-electron chi connectivity index (χ3n) is 7.39. The molecule has 2 fully saturated rings. The summed E-state index contributed by atoms with van der Waals surface area (Å²) in [6, 6.07) is 4.10. The molecule has 2 saturated heterocycles. The molecule has 2 aliphatic heterocycles. The fourth-order valence-electron chi connectivity index (χ4n) is 4.94. The van der Waals surface area contributed by atoms with Crippen LogP contribution in [-0.4, -0.2) is 75.7 Å². The Morgan fingerprint density at radius 3 is 2.56 bits per heavy atom. The highest BCUT2D eigenvalue weighted by molar-refractivity contribution is 6.32. The maximum atomic E-state index is 13.6. The van der Waals surface area contributed by atoms with Gasteiger partial charge in [0.2, 0.25) is 0 Å². The predicted octanol–water partition coefficient (Wildman–Crippen LogP) is 4.50. The Morgan fingerprint density at radius 1 is 1.31 bits per heavy atom. The van der Waals surface area contributed by atoms with Crippen molar-refractivity contribution in [3.8, 4) is 5.75 Å². The van der Waals surface area contributed by atoms with E-state index in [1.54, 1.807) is 11.0 Å². The van der Waals surface area contributed by atoms with E-state index >= 15 is 0 Å². The SMILES string of the molecule is CC(C)N1CC[C@@H](n2c(CNc3cc(C(C)(C)C)c(Cl)cc3O)nc(Cl)c2C(=O)N(C)C2CNC2)C1. The summed E-state index contributed by atoms with van der Waals surface area (Å²) < 4.78 is 2.03. The van der Waals surface area contributed by atoms with Crippen LogP contribution < -0.4 is 10.6 Å². The van der Waals surface area contributed by atoms with Gasteiger partial charge >= 0.3 is 0 Å². The molecule has 36 heavy (non-hydrogen) atoms. The lowest BCUT2D eigenvalue weighted by Gasteiger charge is -2.36. The zero-order chi connectivity index (χ0) is 26.4. The number of likely N-dealkylation sites (N-methyl/N-ethyl adjacent to an activating group) is 1. The first-order valence-electron chi connectivity index (χ1n) is 12.6. The van der Waals surface area contributed by atoms with Crippen molar-refractivity contribution in [1.29, 1.82) is 0 Å². The zero-order valence-electron chi connectivity index (χ0n) is 22.0. The smallest absolute Gasteiger partial charge is 0.273 e. The molecule has 1 aromatic carbocycles. The number of rotatable bonds is 7. The van der Waals surface area contributed by atoms with E-state index < -0.39 is 0 Å². The lowest BCUT2D eigenvalue weighted by atomic mass is 9.86. The van der Waals surface area contributed by atoms with Crippen LogP contribution in [0.2, 0.25) is 10.2 Å². The van der Waals surface area contributed by atoms with E-state index in [2.05, 4.69) is 55.1 Å². The molecule has 3 heterocycles. The number of phenolic OH excluding ortho intramolecular Hbond substituents is 1. The number of aromatic hydroxyl groups is 1. The largest absolute Gasteiger partial charge is 0.506 e. The third-order valence-corrected chi connectivity index (χ3v) is 7.97. The van der Waals surface area contributed by atoms with Crippen LogP contribution in [0.15, 0.2) is 12.1 Å². The average molecular weight is 538 g/mol. The van der Waals surface area contributed by atoms with Crippen LogP contribution in [0.5, 0.6) is 5.75 Å². The Labute approximate surface area is 224 Å². The minimum Gasteiger partial charge on any atom is -0.506 e. The van der Waals surface area contributed by atoms with Crippen molar-refractivity contribution in [2.45, 2.75) is 71.1 Å². The minimum atomic E-state index is -0.187. The summed E-state index contributed by atoms with van der Waals surface area (Å²) >= 11 is 13.1. The van der Waals surface area contributed by atoms with Gasteiger partial charge in [-0.2, -0.15) is 0 Å². The molecular formula is C26H38Cl2N6O2. The third kappa shape index (κ3) is 5.32. The van der Waals surface area contributed by atoms with E-state index in [9.17, 15) is 9.90 Å². The lowest BCUT2D eigenvalue weighted by molar-refractivity contribution is 0.0667. The number of aromatic nitrogens is 2. The first-order valence-corrected chi connectivity index (χ1v) is 13.4. The Morgan fingerprint density at radius 2 is 2.00 bits per heavy atom. The molecule has 2 aromatic rings. The van der Waals surface area contributed by atoms with Crippen molar-refractivity contribution < 1.29 is 9.90 Å². The average Bonchev–Trinajstić information content (AvgIpc) is 3.34. The first kappa shape index (κ1) is 27.0. The van der Waals surface area contributed by atoms with Crippen LogP contribution in [0, 0.1) is 0 Å². The summed E-state index contributed by atoms with van der Waals surface area (Å²) in [7, 11) is 1.83. The standard InChI is InChI=1S/C26H38Cl2N6O2/c1-15(2)33-8-7-16(14-33)34-22(31-24(28)23(34)25(36)32(6)17-11-29-12-17)13-30-20-9-18(26(3,4)5)19(27)10-21(20)35/h9-10,15-17,29-30,35H,7-8,11-14H2,1-6H3/t16-/m1/s1. The number of phenols is 1. The molecular weight excluding hydrogens is 499 g/mol. The van der Waals surface area contributed by atoms with E-state index in [-0.39, 0.29) is 34.3 Å². The molecule has 1 aromatic heterocycles. The van der Waals surface area contributed by atoms with Crippen LogP contribution >= 0.6 is 23.2 Å². The number of anilines is 1. The number of amides is 1. The molecule has 0 aliphatic carbocycles. The Bertz CT molecular complexity index is 1120. The quantitative estimate of drug-likeness (QED) is 0.451. The molecule has 0 unspecified atom stereocenters. The second-order valence-corrected chi connectivity index (χ2v) is 12.0. The fourth-order valence-corrected chi connectivity index (χ4v) is 5.65. The number of halogens is 2. The summed E-state index contributed by atoms with van der Waals surface area (Å²) in [5, 5.41) is 17.9. The van der Waals surface area contributed by atoms with E-state index in [0.29, 0.717) is 34.8 Å². The van der Waals surface area contributed by atoms with Gasteiger partial charge in [-0.1, -0.05) is 44.0 Å². The van der Waals surface area contributed by atoms with Gasteiger partial charge in [-0.25, -0.2) is 4.98 Å². The second-order valence-electron chi connectivity index (χ2n) is 11.2. The summed E-state index contributed by atoms with van der Waals surface area (Å²) in [6.45, 7) is 14.2. The highest BCUT2D eigenvalue weighted by Crippen LogP contribution is 2.37. The van der Waals surface area contributed by atoms with Gasteiger partial charge in [-0.3, -0.25) is 9.69 Å². The van der Waals surface area contributed by atoms with Crippen LogP contribution in [0.4, 0.5) is 5.69 Å². The topological polar surface area (TPSA) is 85.7 Å². The van der Waals surface area contributed by atoms with Crippen LogP contribution in [-0.2, 0) is 12.0 Å². The van der Waals surface area contributed by atoms with Crippen molar-refractivity contribution in [3.05, 3.63) is 39.4 Å². The Kier molecular flexibility index (Phi) is 7.81. The summed E-state index contributed by atoms with van der Waals surface area (Å²) in [4.78, 5) is 22.4. The van der Waals surface area contributed by atoms with Crippen molar-refractivity contribution in [1.82, 2.24) is 24.7 Å². The highest BCUT2D eigenvalue weighted by Gasteiger charge is 2.35. The van der Waals surface area contributed by atoms with Crippen molar-refractivity contribution >= 4 is 34.8 Å². The van der Waals surface area contributed by atoms with Gasteiger partial charge in [0.05, 0.1) is 18.3 Å². The van der Waals surface area contributed by atoms with E-state index in [1.807, 2.05) is 17.7 Å². The number of imidazole rings is 1. The molecule has 8 nitrogen and oxygen atoms in total. The number of carbonyl (C=O) groups excluding carboxylic acids is 1. The number of hydrogen-bond donors (Lipinski definition) is 3. The maximum absolute atomic E-state index is 13.6. The van der Waals surface area contributed by atoms with Gasteiger partial charge in [0.15, 0.2) is 5.15 Å². The molecule has 0 saturated carbocycles. The van der Waals surface area contributed by atoms with Crippen molar-refractivity contribution in [3.63, 3.8) is 0 Å². The van der Waals surface area contributed by atoms with Gasteiger partial charge in [0, 0.05) is 56.4 Å². The molecule has 1 atom stereocenters. The summed E-state index contributed by atoms with van der Waals surface area (Å²) in [5.41, 5.74) is 1.75. The monoisotopic (exact) mass is 536 g/mol. The molecule has 0 bridgehead atoms. The van der Waals surface area contributed by atoms with Gasteiger partial charge in [-0.15, -0.1) is 0 Å². The molecule has 3 N–H and O–H groups in total. The molecule has 2 aliphatic rings. The molecule has 0 radical (unpaired) electrons. The summed E-state index contributed by atoms with van der Waals surface area (Å²) in [6.07, 6.45) is 0.910. The zero-order valence-corrected chi connectivity index (χ0v) is 23.5. The number of nitrogens with one attached hydrogen (secondary N) is 2. The van der Waals surface area contributed by atoms with Crippen molar-refractivity contribution in [2.75, 3.05) is 38.5 Å². The van der Waals surface area contributed by atoms with Crippen LogP contribution in [0.3, 0.4) is 0 Å². The van der Waals surface area contributed by atoms with Crippen molar-refractivity contribution in [2.24, 2.45) is 0 Å². The number of carbonyl (C=O) groups is 1. The van der Waals surface area contributed by atoms with Gasteiger partial charge in [0.25, 0.3) is 5.91 Å². The fraction of sp³-hybridized carbons (Fsp3) is 0.615. The lowest BCUT2D eigenvalue weighted by Crippen LogP contribution is -2.57. The van der Waals surface area contributed by atoms with Gasteiger partial charge < -0.3 is 25.2 Å². The summed E-state index contributed by atoms with van der Waals surface area (Å²) in [5.74, 6) is 0.626. The highest BCUT2D eigenvalue weighted by atomic mass is 35.5. The Hall–Kier alpha value is -2.00. The van der Waals surface area contributed by atoms with E-state index in [1.165, 1.54) is 0 Å². The van der Waals surface area contributed by atoms with E-state index in [4.69, 9.17) is 23.2 Å². The number of hydrogen-bond acceptors (Lipinski definition) is 6.